The second-order valence-corrected chi connectivity index (χ2v) is 6.90. The molecule has 2 aromatic rings. The molecule has 1 heterocycles. The predicted octanol–water partition coefficient (Wildman–Crippen LogP) is 6.01. The van der Waals surface area contributed by atoms with Crippen molar-refractivity contribution in [2.45, 2.75) is 0 Å². The summed E-state index contributed by atoms with van der Waals surface area (Å²) in [4.78, 5) is 12.8. The van der Waals surface area contributed by atoms with Crippen LogP contribution < -0.4 is 0 Å². The zero-order valence-electron chi connectivity index (χ0n) is 12.2. The van der Waals surface area contributed by atoms with E-state index in [1.54, 1.807) is 12.1 Å². The van der Waals surface area contributed by atoms with Crippen molar-refractivity contribution >= 4 is 52.9 Å². The third kappa shape index (κ3) is 3.41. The maximum absolute atomic E-state index is 13.9. The van der Waals surface area contributed by atoms with Gasteiger partial charge < -0.3 is 0 Å². The summed E-state index contributed by atoms with van der Waals surface area (Å²) >= 11 is 13.2. The summed E-state index contributed by atoms with van der Waals surface area (Å²) in [5.41, 5.74) is 0.749. The molecule has 0 N–H and O–H groups in total. The van der Waals surface area contributed by atoms with Gasteiger partial charge in [-0.15, -0.1) is 11.8 Å². The van der Waals surface area contributed by atoms with E-state index in [1.165, 1.54) is 48.2 Å². The second kappa shape index (κ2) is 7.09. The van der Waals surface area contributed by atoms with Crippen molar-refractivity contribution in [3.8, 4) is 0 Å². The lowest BCUT2D eigenvalue weighted by Gasteiger charge is -2.02. The summed E-state index contributed by atoms with van der Waals surface area (Å²) in [6.45, 7) is 0. The summed E-state index contributed by atoms with van der Waals surface area (Å²) in [5.74, 6) is -0.916. The number of carbonyl (C=O) groups is 1. The Morgan fingerprint density at radius 3 is 2.00 bits per heavy atom. The van der Waals surface area contributed by atoms with E-state index in [1.807, 2.05) is 0 Å². The number of Topliss-reactive ketones (excluding diaryl/α,β-unsaturated/α-hetero) is 1. The molecule has 1 aliphatic rings. The zero-order chi connectivity index (χ0) is 17.3. The van der Waals surface area contributed by atoms with Gasteiger partial charge in [0.05, 0.1) is 15.0 Å². The Kier molecular flexibility index (Phi) is 5.09. The van der Waals surface area contributed by atoms with Gasteiger partial charge in [0, 0.05) is 22.5 Å². The van der Waals surface area contributed by atoms with Crippen LogP contribution in [0.1, 0.15) is 11.1 Å². The van der Waals surface area contributed by atoms with E-state index in [-0.39, 0.29) is 27.0 Å². The fraction of sp³-hybridized carbons (Fsp3) is 0.0556. The van der Waals surface area contributed by atoms with Crippen LogP contribution in [0.3, 0.4) is 0 Å². The van der Waals surface area contributed by atoms with Crippen LogP contribution in [0, 0.1) is 11.6 Å². The molecule has 1 aliphatic heterocycles. The van der Waals surface area contributed by atoms with E-state index < -0.39 is 11.6 Å². The molecule has 0 spiro atoms. The first-order chi connectivity index (χ1) is 11.5. The van der Waals surface area contributed by atoms with Crippen LogP contribution in [0.4, 0.5) is 8.78 Å². The molecule has 6 heteroatoms. The van der Waals surface area contributed by atoms with Gasteiger partial charge in [-0.2, -0.15) is 0 Å². The Morgan fingerprint density at radius 2 is 1.46 bits per heavy atom. The normalized spacial score (nSPS) is 17.9. The number of allylic oxidation sites excluding steroid dienone is 1. The average Bonchev–Trinajstić information content (AvgIpc) is 2.87. The highest BCUT2D eigenvalue weighted by molar-refractivity contribution is 8.05. The lowest BCUT2D eigenvalue weighted by molar-refractivity contribution is -0.111. The fourth-order valence-corrected chi connectivity index (χ4v) is 3.69. The molecule has 122 valence electrons. The van der Waals surface area contributed by atoms with Crippen LogP contribution >= 0.6 is 35.0 Å². The minimum Gasteiger partial charge on any atom is -0.288 e. The van der Waals surface area contributed by atoms with Gasteiger partial charge in [-0.3, -0.25) is 4.79 Å². The molecule has 2 aromatic carbocycles. The van der Waals surface area contributed by atoms with E-state index in [4.69, 9.17) is 23.2 Å². The van der Waals surface area contributed by atoms with Crippen molar-refractivity contribution in [3.05, 3.63) is 79.7 Å². The van der Waals surface area contributed by atoms with Crippen molar-refractivity contribution in [1.82, 2.24) is 0 Å². The summed E-state index contributed by atoms with van der Waals surface area (Å²) in [6, 6.07) is 8.65. The maximum atomic E-state index is 13.9. The molecule has 3 rings (SSSR count). The van der Waals surface area contributed by atoms with Crippen LogP contribution in [-0.2, 0) is 4.79 Å². The first-order valence-corrected chi connectivity index (χ1v) is 8.69. The Labute approximate surface area is 152 Å². The van der Waals surface area contributed by atoms with E-state index in [0.717, 1.165) is 0 Å². The largest absolute Gasteiger partial charge is 0.288 e. The molecule has 0 amide bonds. The number of hydrogen-bond donors (Lipinski definition) is 0. The van der Waals surface area contributed by atoms with E-state index in [0.29, 0.717) is 16.2 Å². The van der Waals surface area contributed by atoms with Crippen LogP contribution in [0.5, 0.6) is 0 Å². The predicted molar refractivity (Wildman–Crippen MR) is 96.2 cm³/mol. The van der Waals surface area contributed by atoms with Crippen molar-refractivity contribution < 1.29 is 13.6 Å². The minimum absolute atomic E-state index is 0.167. The van der Waals surface area contributed by atoms with Crippen LogP contribution in [0.25, 0.3) is 12.2 Å². The molecular weight excluding hydrogens is 373 g/mol. The van der Waals surface area contributed by atoms with Gasteiger partial charge in [-0.05, 0) is 36.4 Å². The highest BCUT2D eigenvalue weighted by Gasteiger charge is 2.25. The molecule has 24 heavy (non-hydrogen) atoms. The van der Waals surface area contributed by atoms with Gasteiger partial charge in [-0.1, -0.05) is 35.3 Å². The maximum Gasteiger partial charge on any atom is 0.196 e. The number of halogens is 4. The number of carbonyl (C=O) groups excluding carboxylic acids is 1. The Bertz CT molecular complexity index is 779. The molecule has 1 nitrogen and oxygen atoms in total. The summed E-state index contributed by atoms with van der Waals surface area (Å²) in [6.07, 6.45) is 2.87. The molecule has 1 saturated heterocycles. The smallest absolute Gasteiger partial charge is 0.196 e. The highest BCUT2D eigenvalue weighted by Crippen LogP contribution is 2.36. The van der Waals surface area contributed by atoms with Gasteiger partial charge in [0.25, 0.3) is 0 Å². The SMILES string of the molecule is O=C1C(=Cc2c(F)cccc2Cl)CSC1=Cc1c(F)cccc1Cl. The molecule has 0 bridgehead atoms. The average molecular weight is 383 g/mol. The number of thioether (sulfide) groups is 1. The van der Waals surface area contributed by atoms with E-state index in [9.17, 15) is 13.6 Å². The van der Waals surface area contributed by atoms with Gasteiger partial charge in [0.15, 0.2) is 5.78 Å². The standard InChI is InChI=1S/C18H10Cl2F2OS/c19-13-3-1-5-15(21)11(13)7-10-9-24-17(18(10)23)8-12-14(20)4-2-6-16(12)22/h1-8H,9H2. The second-order valence-electron chi connectivity index (χ2n) is 5.07. The first kappa shape index (κ1) is 17.2. The first-order valence-electron chi connectivity index (χ1n) is 6.95. The number of ketones is 1. The highest BCUT2D eigenvalue weighted by atomic mass is 35.5. The number of rotatable bonds is 2. The molecule has 0 saturated carbocycles. The number of benzene rings is 2. The quantitative estimate of drug-likeness (QED) is 0.591. The zero-order valence-corrected chi connectivity index (χ0v) is 14.5. The topological polar surface area (TPSA) is 17.1 Å². The van der Waals surface area contributed by atoms with Crippen molar-refractivity contribution in [3.63, 3.8) is 0 Å². The molecule has 0 unspecified atom stereocenters. The Balaban J connectivity index is 1.96. The lowest BCUT2D eigenvalue weighted by Crippen LogP contribution is -1.98. The third-order valence-electron chi connectivity index (χ3n) is 3.49. The van der Waals surface area contributed by atoms with Crippen LogP contribution in [-0.4, -0.2) is 11.5 Å². The van der Waals surface area contributed by atoms with Gasteiger partial charge >= 0.3 is 0 Å². The Hall–Kier alpha value is -1.62. The molecular formula is C18H10Cl2F2OS. The molecule has 1 fully saturated rings. The molecule has 0 aliphatic carbocycles. The summed E-state index contributed by atoms with van der Waals surface area (Å²) in [5, 5.41) is 0.459. The molecule has 0 atom stereocenters. The monoisotopic (exact) mass is 382 g/mol. The van der Waals surface area contributed by atoms with Crippen molar-refractivity contribution in [2.75, 3.05) is 5.75 Å². The Morgan fingerprint density at radius 1 is 0.917 bits per heavy atom. The van der Waals surface area contributed by atoms with Crippen LogP contribution in [0.15, 0.2) is 46.9 Å². The van der Waals surface area contributed by atoms with Crippen molar-refractivity contribution in [2.24, 2.45) is 0 Å². The number of hydrogen-bond acceptors (Lipinski definition) is 2. The van der Waals surface area contributed by atoms with E-state index >= 15 is 0 Å². The summed E-state index contributed by atoms with van der Waals surface area (Å²) < 4.78 is 27.7. The van der Waals surface area contributed by atoms with Gasteiger partial charge in [0.2, 0.25) is 0 Å². The lowest BCUT2D eigenvalue weighted by atomic mass is 10.1. The molecule has 0 radical (unpaired) electrons. The summed E-state index contributed by atoms with van der Waals surface area (Å²) in [7, 11) is 0. The minimum atomic E-state index is -0.502. The van der Waals surface area contributed by atoms with Crippen molar-refractivity contribution in [1.29, 1.82) is 0 Å². The van der Waals surface area contributed by atoms with E-state index in [2.05, 4.69) is 0 Å². The van der Waals surface area contributed by atoms with Crippen LogP contribution in [0.2, 0.25) is 10.0 Å². The third-order valence-corrected chi connectivity index (χ3v) is 5.22. The van der Waals surface area contributed by atoms with Gasteiger partial charge in [-0.25, -0.2) is 8.78 Å². The fourth-order valence-electron chi connectivity index (χ4n) is 2.26. The molecule has 0 aromatic heterocycles. The van der Waals surface area contributed by atoms with Gasteiger partial charge in [0.1, 0.15) is 11.6 Å².